The standard InChI is InChI=1S/C19H18BrN5O2S/c1-25-18(14-6-8-15(20)9-7-14)23-24-19(25)28-12-17(26)22-21-11-13-4-3-5-16(10-13)27-2/h3-11H,12H2,1-2H3,(H,22,26). The number of hydrazone groups is 1. The van der Waals surface area contributed by atoms with E-state index in [-0.39, 0.29) is 11.7 Å². The summed E-state index contributed by atoms with van der Waals surface area (Å²) >= 11 is 4.72. The van der Waals surface area contributed by atoms with E-state index in [0.29, 0.717) is 5.16 Å². The minimum atomic E-state index is -0.225. The summed E-state index contributed by atoms with van der Waals surface area (Å²) in [5.74, 6) is 1.43. The second-order valence-corrected chi connectivity index (χ2v) is 7.59. The topological polar surface area (TPSA) is 81.4 Å². The first-order chi connectivity index (χ1) is 13.6. The number of benzene rings is 2. The van der Waals surface area contributed by atoms with Crippen LogP contribution in [0.2, 0.25) is 0 Å². The molecule has 144 valence electrons. The Bertz CT molecular complexity index is 988. The summed E-state index contributed by atoms with van der Waals surface area (Å²) in [6.45, 7) is 0. The number of rotatable bonds is 7. The summed E-state index contributed by atoms with van der Waals surface area (Å²) in [5, 5.41) is 13.0. The molecule has 0 spiro atoms. The van der Waals surface area contributed by atoms with Crippen molar-refractivity contribution in [2.45, 2.75) is 5.16 Å². The van der Waals surface area contributed by atoms with Crippen molar-refractivity contribution < 1.29 is 9.53 Å². The highest BCUT2D eigenvalue weighted by Crippen LogP contribution is 2.23. The van der Waals surface area contributed by atoms with Crippen LogP contribution in [0.4, 0.5) is 0 Å². The quantitative estimate of drug-likeness (QED) is 0.332. The Labute approximate surface area is 175 Å². The van der Waals surface area contributed by atoms with Crippen LogP contribution < -0.4 is 10.2 Å². The Morgan fingerprint density at radius 1 is 1.29 bits per heavy atom. The number of methoxy groups -OCH3 is 1. The summed E-state index contributed by atoms with van der Waals surface area (Å²) in [7, 11) is 3.47. The summed E-state index contributed by atoms with van der Waals surface area (Å²) < 4.78 is 8.01. The highest BCUT2D eigenvalue weighted by atomic mass is 79.9. The Hall–Kier alpha value is -2.65. The van der Waals surface area contributed by atoms with Crippen LogP contribution in [0.5, 0.6) is 5.75 Å². The maximum Gasteiger partial charge on any atom is 0.250 e. The van der Waals surface area contributed by atoms with Crippen molar-refractivity contribution in [2.24, 2.45) is 12.1 Å². The predicted molar refractivity (Wildman–Crippen MR) is 114 cm³/mol. The smallest absolute Gasteiger partial charge is 0.250 e. The number of halogens is 1. The van der Waals surface area contributed by atoms with Gasteiger partial charge < -0.3 is 9.30 Å². The molecule has 1 N–H and O–H groups in total. The van der Waals surface area contributed by atoms with E-state index in [4.69, 9.17) is 4.74 Å². The zero-order valence-electron chi connectivity index (χ0n) is 15.3. The maximum atomic E-state index is 12.0. The molecule has 7 nitrogen and oxygen atoms in total. The summed E-state index contributed by atoms with van der Waals surface area (Å²) in [5.41, 5.74) is 4.30. The Balaban J connectivity index is 1.54. The van der Waals surface area contributed by atoms with Gasteiger partial charge in [-0.2, -0.15) is 5.10 Å². The number of amides is 1. The van der Waals surface area contributed by atoms with Gasteiger partial charge in [-0.3, -0.25) is 4.79 Å². The lowest BCUT2D eigenvalue weighted by Gasteiger charge is -2.04. The van der Waals surface area contributed by atoms with E-state index >= 15 is 0 Å². The van der Waals surface area contributed by atoms with E-state index in [0.717, 1.165) is 27.2 Å². The second-order valence-electron chi connectivity index (χ2n) is 5.73. The highest BCUT2D eigenvalue weighted by molar-refractivity contribution is 9.10. The van der Waals surface area contributed by atoms with Gasteiger partial charge in [0.2, 0.25) is 0 Å². The van der Waals surface area contributed by atoms with E-state index < -0.39 is 0 Å². The Kier molecular flexibility index (Phi) is 6.83. The maximum absolute atomic E-state index is 12.0. The van der Waals surface area contributed by atoms with Crippen molar-refractivity contribution in [3.05, 3.63) is 58.6 Å². The van der Waals surface area contributed by atoms with Crippen molar-refractivity contribution in [1.82, 2.24) is 20.2 Å². The first kappa shape index (κ1) is 20.1. The van der Waals surface area contributed by atoms with Crippen LogP contribution in [0.25, 0.3) is 11.4 Å². The minimum Gasteiger partial charge on any atom is -0.497 e. The van der Waals surface area contributed by atoms with Crippen LogP contribution in [-0.2, 0) is 11.8 Å². The molecule has 0 aliphatic carbocycles. The zero-order chi connectivity index (χ0) is 19.9. The molecule has 3 aromatic rings. The van der Waals surface area contributed by atoms with Gasteiger partial charge in [0, 0.05) is 17.1 Å². The highest BCUT2D eigenvalue weighted by Gasteiger charge is 2.12. The van der Waals surface area contributed by atoms with Crippen molar-refractivity contribution in [1.29, 1.82) is 0 Å². The molecule has 28 heavy (non-hydrogen) atoms. The van der Waals surface area contributed by atoms with Gasteiger partial charge in [0.15, 0.2) is 11.0 Å². The molecule has 0 fully saturated rings. The molecule has 1 amide bonds. The summed E-state index contributed by atoms with van der Waals surface area (Å²) in [4.78, 5) is 12.0. The molecular weight excluding hydrogens is 442 g/mol. The molecule has 0 unspecified atom stereocenters. The molecule has 0 bridgehead atoms. The molecule has 0 saturated carbocycles. The third kappa shape index (κ3) is 5.20. The number of thioether (sulfide) groups is 1. The fourth-order valence-corrected chi connectivity index (χ4v) is 3.32. The lowest BCUT2D eigenvalue weighted by atomic mass is 10.2. The van der Waals surface area contributed by atoms with Crippen molar-refractivity contribution >= 4 is 39.8 Å². The fourth-order valence-electron chi connectivity index (χ4n) is 2.35. The van der Waals surface area contributed by atoms with E-state index in [1.54, 1.807) is 13.3 Å². The first-order valence-corrected chi connectivity index (χ1v) is 10.1. The van der Waals surface area contributed by atoms with Crippen molar-refractivity contribution in [3.63, 3.8) is 0 Å². The van der Waals surface area contributed by atoms with E-state index in [1.165, 1.54) is 11.8 Å². The average Bonchev–Trinajstić information content (AvgIpc) is 3.07. The van der Waals surface area contributed by atoms with E-state index in [9.17, 15) is 4.79 Å². The number of carbonyl (C=O) groups excluding carboxylic acids is 1. The second kappa shape index (κ2) is 9.52. The third-order valence-electron chi connectivity index (χ3n) is 3.77. The van der Waals surface area contributed by atoms with Crippen LogP contribution >= 0.6 is 27.7 Å². The van der Waals surface area contributed by atoms with Gasteiger partial charge in [-0.05, 0) is 29.8 Å². The number of ether oxygens (including phenoxy) is 1. The molecular formula is C19H18BrN5O2S. The Morgan fingerprint density at radius 2 is 2.07 bits per heavy atom. The molecule has 1 aromatic heterocycles. The van der Waals surface area contributed by atoms with Gasteiger partial charge in [-0.25, -0.2) is 5.43 Å². The molecule has 0 saturated heterocycles. The van der Waals surface area contributed by atoms with Gasteiger partial charge in [-0.15, -0.1) is 10.2 Å². The van der Waals surface area contributed by atoms with Crippen molar-refractivity contribution in [2.75, 3.05) is 12.9 Å². The zero-order valence-corrected chi connectivity index (χ0v) is 17.7. The van der Waals surface area contributed by atoms with Gasteiger partial charge in [0.25, 0.3) is 5.91 Å². The Morgan fingerprint density at radius 3 is 2.82 bits per heavy atom. The van der Waals surface area contributed by atoms with Gasteiger partial charge in [0.05, 0.1) is 19.1 Å². The van der Waals surface area contributed by atoms with E-state index in [2.05, 4.69) is 36.7 Å². The number of aromatic nitrogens is 3. The van der Waals surface area contributed by atoms with Gasteiger partial charge in [-0.1, -0.05) is 52.0 Å². The summed E-state index contributed by atoms with van der Waals surface area (Å²) in [6, 6.07) is 15.2. The monoisotopic (exact) mass is 459 g/mol. The third-order valence-corrected chi connectivity index (χ3v) is 5.32. The minimum absolute atomic E-state index is 0.182. The lowest BCUT2D eigenvalue weighted by molar-refractivity contribution is -0.118. The average molecular weight is 460 g/mol. The predicted octanol–water partition coefficient (Wildman–Crippen LogP) is 3.50. The number of hydrogen-bond acceptors (Lipinski definition) is 6. The molecule has 0 aliphatic rings. The van der Waals surface area contributed by atoms with Crippen LogP contribution in [0.3, 0.4) is 0 Å². The van der Waals surface area contributed by atoms with Crippen LogP contribution in [0.15, 0.2) is 63.3 Å². The number of nitrogens with one attached hydrogen (secondary N) is 1. The summed E-state index contributed by atoms with van der Waals surface area (Å²) in [6.07, 6.45) is 1.57. The largest absolute Gasteiger partial charge is 0.497 e. The molecule has 2 aromatic carbocycles. The van der Waals surface area contributed by atoms with Gasteiger partial charge >= 0.3 is 0 Å². The molecule has 0 atom stereocenters. The lowest BCUT2D eigenvalue weighted by Crippen LogP contribution is -2.19. The number of nitrogens with zero attached hydrogens (tertiary/aromatic N) is 4. The van der Waals surface area contributed by atoms with Crippen LogP contribution in [0.1, 0.15) is 5.56 Å². The first-order valence-electron chi connectivity index (χ1n) is 8.31. The molecule has 3 rings (SSSR count). The molecule has 0 radical (unpaired) electrons. The molecule has 1 heterocycles. The molecule has 9 heteroatoms. The van der Waals surface area contributed by atoms with Gasteiger partial charge in [0.1, 0.15) is 5.75 Å². The normalized spacial score (nSPS) is 11.0. The SMILES string of the molecule is COc1cccc(C=NNC(=O)CSc2nnc(-c3ccc(Br)cc3)n2C)c1. The van der Waals surface area contributed by atoms with Crippen molar-refractivity contribution in [3.8, 4) is 17.1 Å². The number of hydrogen-bond donors (Lipinski definition) is 1. The van der Waals surface area contributed by atoms with Crippen LogP contribution in [0, 0.1) is 0 Å². The van der Waals surface area contributed by atoms with Crippen LogP contribution in [-0.4, -0.2) is 39.7 Å². The fraction of sp³-hybridized carbons (Fsp3) is 0.158. The van der Waals surface area contributed by atoms with E-state index in [1.807, 2.05) is 60.1 Å². The number of carbonyl (C=O) groups is 1. The molecule has 0 aliphatic heterocycles.